The van der Waals surface area contributed by atoms with E-state index in [1.54, 1.807) is 6.92 Å². The standard InChI is InChI=1S/C23H18F7N3O/c1-10-17(33-20(34-10)21(2,3)4)19-31-15-9-11(8-13(18(15)32-19)23(28,29)30)16-12(22(25,26)27)6-5-7-14(16)24/h5-9H,1-4H3,(H,31,32). The van der Waals surface area contributed by atoms with Gasteiger partial charge in [0.2, 0.25) is 0 Å². The van der Waals surface area contributed by atoms with Crippen LogP contribution in [0.3, 0.4) is 0 Å². The van der Waals surface area contributed by atoms with Gasteiger partial charge >= 0.3 is 12.4 Å². The maximum absolute atomic E-state index is 14.5. The number of nitrogens with zero attached hydrogens (tertiary/aromatic N) is 2. The van der Waals surface area contributed by atoms with E-state index in [9.17, 15) is 30.7 Å². The van der Waals surface area contributed by atoms with Gasteiger partial charge in [-0.15, -0.1) is 0 Å². The Bertz CT molecular complexity index is 1390. The monoisotopic (exact) mass is 485 g/mol. The molecular weight excluding hydrogens is 467 g/mol. The molecule has 0 saturated carbocycles. The molecule has 0 aliphatic heterocycles. The summed E-state index contributed by atoms with van der Waals surface area (Å²) in [6, 6.07) is 3.69. The summed E-state index contributed by atoms with van der Waals surface area (Å²) in [7, 11) is 0. The topological polar surface area (TPSA) is 54.7 Å². The SMILES string of the molecule is Cc1oc(C(C)(C)C)nc1-c1nc2c(C(F)(F)F)cc(-c3c(F)cccc3C(F)(F)F)cc2[nH]1. The molecule has 0 fully saturated rings. The Morgan fingerprint density at radius 2 is 1.53 bits per heavy atom. The van der Waals surface area contributed by atoms with Crippen molar-refractivity contribution < 1.29 is 35.2 Å². The van der Waals surface area contributed by atoms with E-state index in [0.29, 0.717) is 23.8 Å². The third kappa shape index (κ3) is 4.14. The highest BCUT2D eigenvalue weighted by molar-refractivity contribution is 5.88. The summed E-state index contributed by atoms with van der Waals surface area (Å²) in [4.78, 5) is 11.0. The van der Waals surface area contributed by atoms with E-state index < -0.39 is 51.4 Å². The molecule has 0 radical (unpaired) electrons. The predicted molar refractivity (Wildman–Crippen MR) is 110 cm³/mol. The summed E-state index contributed by atoms with van der Waals surface area (Å²) in [5.41, 5.74) is -5.35. The first-order valence-corrected chi connectivity index (χ1v) is 10.0. The van der Waals surface area contributed by atoms with Gasteiger partial charge in [-0.3, -0.25) is 0 Å². The van der Waals surface area contributed by atoms with Crippen molar-refractivity contribution in [2.24, 2.45) is 0 Å². The molecule has 180 valence electrons. The van der Waals surface area contributed by atoms with Gasteiger partial charge in [-0.25, -0.2) is 14.4 Å². The normalized spacial score (nSPS) is 13.1. The minimum Gasteiger partial charge on any atom is -0.445 e. The highest BCUT2D eigenvalue weighted by Gasteiger charge is 2.38. The van der Waals surface area contributed by atoms with E-state index >= 15 is 0 Å². The van der Waals surface area contributed by atoms with Gasteiger partial charge in [-0.2, -0.15) is 26.3 Å². The fourth-order valence-electron chi connectivity index (χ4n) is 3.58. The molecule has 0 aliphatic rings. The highest BCUT2D eigenvalue weighted by atomic mass is 19.4. The number of alkyl halides is 6. The number of hydrogen-bond donors (Lipinski definition) is 1. The van der Waals surface area contributed by atoms with Crippen LogP contribution in [-0.2, 0) is 17.8 Å². The Balaban J connectivity index is 2.00. The van der Waals surface area contributed by atoms with Gasteiger partial charge in [0, 0.05) is 11.0 Å². The summed E-state index contributed by atoms with van der Waals surface area (Å²) in [6.07, 6.45) is -9.95. The van der Waals surface area contributed by atoms with Crippen molar-refractivity contribution >= 4 is 11.0 Å². The number of fused-ring (bicyclic) bond motifs is 1. The number of benzene rings is 2. The van der Waals surface area contributed by atoms with Crippen molar-refractivity contribution in [2.45, 2.75) is 45.5 Å². The molecule has 0 spiro atoms. The lowest BCUT2D eigenvalue weighted by atomic mass is 9.96. The van der Waals surface area contributed by atoms with E-state index in [2.05, 4.69) is 15.0 Å². The zero-order valence-corrected chi connectivity index (χ0v) is 18.3. The smallest absolute Gasteiger partial charge is 0.418 e. The molecule has 0 saturated heterocycles. The largest absolute Gasteiger partial charge is 0.445 e. The molecule has 34 heavy (non-hydrogen) atoms. The quantitative estimate of drug-likeness (QED) is 0.297. The van der Waals surface area contributed by atoms with Crippen LogP contribution in [0.4, 0.5) is 30.7 Å². The van der Waals surface area contributed by atoms with Gasteiger partial charge in [0.25, 0.3) is 0 Å². The average molecular weight is 485 g/mol. The number of imidazole rings is 1. The van der Waals surface area contributed by atoms with E-state index in [4.69, 9.17) is 4.42 Å². The van der Waals surface area contributed by atoms with Crippen LogP contribution >= 0.6 is 0 Å². The molecule has 1 N–H and O–H groups in total. The Hall–Kier alpha value is -3.37. The Morgan fingerprint density at radius 3 is 2.09 bits per heavy atom. The number of rotatable bonds is 2. The minimum absolute atomic E-state index is 0.0565. The highest BCUT2D eigenvalue weighted by Crippen LogP contribution is 2.43. The Morgan fingerprint density at radius 1 is 0.882 bits per heavy atom. The Labute approximate surface area is 188 Å². The lowest BCUT2D eigenvalue weighted by molar-refractivity contribution is -0.137. The van der Waals surface area contributed by atoms with Crippen LogP contribution in [0, 0.1) is 12.7 Å². The minimum atomic E-state index is -4.98. The molecule has 0 aliphatic carbocycles. The molecule has 2 aromatic heterocycles. The van der Waals surface area contributed by atoms with Gasteiger partial charge < -0.3 is 9.40 Å². The van der Waals surface area contributed by atoms with Crippen molar-refractivity contribution in [3.63, 3.8) is 0 Å². The summed E-state index contributed by atoms with van der Waals surface area (Å²) >= 11 is 0. The van der Waals surface area contributed by atoms with E-state index in [1.807, 2.05) is 20.8 Å². The molecule has 2 aromatic carbocycles. The molecule has 0 bridgehead atoms. The first-order chi connectivity index (χ1) is 15.6. The van der Waals surface area contributed by atoms with E-state index in [-0.39, 0.29) is 17.0 Å². The molecule has 0 amide bonds. The van der Waals surface area contributed by atoms with Crippen LogP contribution in [0.5, 0.6) is 0 Å². The summed E-state index contributed by atoms with van der Waals surface area (Å²) in [6.45, 7) is 7.07. The third-order valence-electron chi connectivity index (χ3n) is 5.16. The zero-order valence-electron chi connectivity index (χ0n) is 18.3. The summed E-state index contributed by atoms with van der Waals surface area (Å²) in [5, 5.41) is 0. The van der Waals surface area contributed by atoms with Crippen LogP contribution < -0.4 is 0 Å². The van der Waals surface area contributed by atoms with Crippen molar-refractivity contribution in [3.05, 3.63) is 58.9 Å². The molecule has 11 heteroatoms. The second-order valence-corrected chi connectivity index (χ2v) is 8.84. The first-order valence-electron chi connectivity index (χ1n) is 10.0. The summed E-state index contributed by atoms with van der Waals surface area (Å²) in [5.74, 6) is -0.729. The van der Waals surface area contributed by atoms with Gasteiger partial charge in [0.15, 0.2) is 11.7 Å². The van der Waals surface area contributed by atoms with Crippen molar-refractivity contribution in [1.29, 1.82) is 0 Å². The number of aromatic amines is 1. The lowest BCUT2D eigenvalue weighted by Crippen LogP contribution is -2.11. The number of halogens is 7. The number of oxazole rings is 1. The fraction of sp³-hybridized carbons (Fsp3) is 0.304. The lowest BCUT2D eigenvalue weighted by Gasteiger charge is -2.15. The molecule has 4 nitrogen and oxygen atoms in total. The third-order valence-corrected chi connectivity index (χ3v) is 5.16. The van der Waals surface area contributed by atoms with Crippen molar-refractivity contribution in [2.75, 3.05) is 0 Å². The van der Waals surface area contributed by atoms with Gasteiger partial charge in [0.1, 0.15) is 22.8 Å². The maximum Gasteiger partial charge on any atom is 0.418 e. The fourth-order valence-corrected chi connectivity index (χ4v) is 3.58. The predicted octanol–water partition coefficient (Wildman–Crippen LogP) is 7.67. The number of hydrogen-bond acceptors (Lipinski definition) is 3. The number of nitrogens with one attached hydrogen (secondary N) is 1. The van der Waals surface area contributed by atoms with Crippen molar-refractivity contribution in [3.8, 4) is 22.6 Å². The van der Waals surface area contributed by atoms with E-state index in [0.717, 1.165) is 18.2 Å². The molecule has 0 atom stereocenters. The number of aromatic nitrogens is 3. The zero-order chi connectivity index (χ0) is 25.2. The maximum atomic E-state index is 14.5. The van der Waals surface area contributed by atoms with Crippen LogP contribution in [0.1, 0.15) is 43.5 Å². The van der Waals surface area contributed by atoms with Gasteiger partial charge in [0.05, 0.1) is 16.6 Å². The first kappa shape index (κ1) is 23.8. The van der Waals surface area contributed by atoms with E-state index in [1.165, 1.54) is 0 Å². The average Bonchev–Trinajstić information content (AvgIpc) is 3.28. The van der Waals surface area contributed by atoms with Gasteiger partial charge in [-0.1, -0.05) is 26.8 Å². The molecule has 4 rings (SSSR count). The van der Waals surface area contributed by atoms with Crippen LogP contribution in [-0.4, -0.2) is 15.0 Å². The second kappa shape index (κ2) is 7.57. The van der Waals surface area contributed by atoms with Crippen LogP contribution in [0.2, 0.25) is 0 Å². The second-order valence-electron chi connectivity index (χ2n) is 8.84. The number of H-pyrrole nitrogens is 1. The molecule has 2 heterocycles. The molecular formula is C23H18F7N3O. The van der Waals surface area contributed by atoms with Gasteiger partial charge in [-0.05, 0) is 36.8 Å². The van der Waals surface area contributed by atoms with Crippen molar-refractivity contribution in [1.82, 2.24) is 15.0 Å². The number of aryl methyl sites for hydroxylation is 1. The molecule has 4 aromatic rings. The summed E-state index contributed by atoms with van der Waals surface area (Å²) < 4.78 is 102. The Kier molecular flexibility index (Phi) is 5.30. The molecule has 0 unspecified atom stereocenters. The van der Waals surface area contributed by atoms with Crippen LogP contribution in [0.25, 0.3) is 33.7 Å². The van der Waals surface area contributed by atoms with Crippen LogP contribution in [0.15, 0.2) is 34.7 Å².